The molecule has 0 spiro atoms. The highest BCUT2D eigenvalue weighted by Crippen LogP contribution is 2.45. The molecular formula is C83H53N5. The Labute approximate surface area is 507 Å². The van der Waals surface area contributed by atoms with E-state index >= 15 is 0 Å². The van der Waals surface area contributed by atoms with Crippen molar-refractivity contribution in [3.63, 3.8) is 0 Å². The van der Waals surface area contributed by atoms with Crippen LogP contribution in [0.3, 0.4) is 0 Å². The van der Waals surface area contributed by atoms with Gasteiger partial charge in [0, 0.05) is 54.5 Å². The first-order chi connectivity index (χ1) is 43.7. The Morgan fingerprint density at radius 1 is 0.182 bits per heavy atom. The molecule has 5 heteroatoms. The van der Waals surface area contributed by atoms with Gasteiger partial charge in [0.05, 0.1) is 44.1 Å². The minimum Gasteiger partial charge on any atom is -0.309 e. The van der Waals surface area contributed by atoms with Crippen LogP contribution in [0.5, 0.6) is 0 Å². The Balaban J connectivity index is 0.857. The summed E-state index contributed by atoms with van der Waals surface area (Å²) in [6.45, 7) is 0. The van der Waals surface area contributed by atoms with Crippen molar-refractivity contribution in [3.8, 4) is 78.6 Å². The van der Waals surface area contributed by atoms with E-state index in [1.165, 1.54) is 54.7 Å². The van der Waals surface area contributed by atoms with Gasteiger partial charge in [-0.15, -0.1) is 0 Å². The molecule has 0 fully saturated rings. The molecule has 0 amide bonds. The maximum Gasteiger partial charge on any atom is 0.140 e. The molecule has 18 rings (SSSR count). The third kappa shape index (κ3) is 7.77. The van der Waals surface area contributed by atoms with Gasteiger partial charge in [0.25, 0.3) is 0 Å². The highest BCUT2D eigenvalue weighted by molar-refractivity contribution is 6.15. The molecule has 0 saturated carbocycles. The van der Waals surface area contributed by atoms with Crippen molar-refractivity contribution in [3.05, 3.63) is 322 Å². The smallest absolute Gasteiger partial charge is 0.140 e. The summed E-state index contributed by atoms with van der Waals surface area (Å²) in [4.78, 5) is 5.91. The zero-order valence-electron chi connectivity index (χ0n) is 47.8. The lowest BCUT2D eigenvalue weighted by molar-refractivity contribution is 1.01. The predicted molar refractivity (Wildman–Crippen MR) is 369 cm³/mol. The van der Waals surface area contributed by atoms with Crippen molar-refractivity contribution in [2.75, 3.05) is 0 Å². The standard InChI is InChI=1S/C83H53N5/c1-5-22-54(23-6-1)63-34-21-35-64(55-24-7-2-8-25-55)83(63)60-52-81(87-75-38-19-15-32-67(75)71-50-58(42-46-79(71)87)56-40-44-77-69(48-56)65-30-13-17-36-73(65)85(77)61-26-9-3-10-27-61)84-82(53-60)88-76-39-20-16-33-68(76)72-51-59(43-47-80(72)88)57-41-45-78-70(49-57)66-31-14-18-37-74(66)86(78)62-28-11-4-12-29-62/h1-53H. The molecule has 5 aromatic heterocycles. The third-order valence-electron chi connectivity index (χ3n) is 18.2. The summed E-state index contributed by atoms with van der Waals surface area (Å²) in [5.74, 6) is 1.66. The van der Waals surface area contributed by atoms with E-state index in [0.717, 1.165) is 111 Å². The van der Waals surface area contributed by atoms with Crippen LogP contribution in [-0.2, 0) is 0 Å². The van der Waals surface area contributed by atoms with E-state index in [1.54, 1.807) is 0 Å². The summed E-state index contributed by atoms with van der Waals surface area (Å²) in [6, 6.07) is 117. The largest absolute Gasteiger partial charge is 0.309 e. The Bertz CT molecular complexity index is 5440. The first-order valence-corrected chi connectivity index (χ1v) is 30.2. The second kappa shape index (κ2) is 19.9. The maximum atomic E-state index is 5.91. The fourth-order valence-corrected chi connectivity index (χ4v) is 14.3. The van der Waals surface area contributed by atoms with E-state index in [2.05, 4.69) is 340 Å². The minimum atomic E-state index is 0.828. The number of fused-ring (bicyclic) bond motifs is 12. The highest BCUT2D eigenvalue weighted by atomic mass is 15.1. The van der Waals surface area contributed by atoms with Crippen LogP contribution >= 0.6 is 0 Å². The monoisotopic (exact) mass is 1120 g/mol. The molecule has 0 aliphatic heterocycles. The quantitative estimate of drug-likeness (QED) is 0.142. The van der Waals surface area contributed by atoms with Crippen LogP contribution < -0.4 is 0 Å². The lowest BCUT2D eigenvalue weighted by atomic mass is 9.88. The Morgan fingerprint density at radius 3 is 0.818 bits per heavy atom. The summed E-state index contributed by atoms with van der Waals surface area (Å²) in [5.41, 5.74) is 22.8. The molecule has 0 aliphatic rings. The molecule has 0 saturated heterocycles. The van der Waals surface area contributed by atoms with Gasteiger partial charge in [-0.1, -0.05) is 212 Å². The average Bonchev–Trinajstić information content (AvgIpc) is 1.91. The molecule has 13 aromatic carbocycles. The van der Waals surface area contributed by atoms with E-state index < -0.39 is 0 Å². The Kier molecular flexibility index (Phi) is 11.2. The highest BCUT2D eigenvalue weighted by Gasteiger charge is 2.24. The number of aromatic nitrogens is 5. The normalized spacial score (nSPS) is 11.9. The first kappa shape index (κ1) is 49.6. The Morgan fingerprint density at radius 2 is 0.466 bits per heavy atom. The van der Waals surface area contributed by atoms with E-state index in [0.29, 0.717) is 0 Å². The second-order valence-corrected chi connectivity index (χ2v) is 23.0. The fourth-order valence-electron chi connectivity index (χ4n) is 14.3. The zero-order chi connectivity index (χ0) is 57.8. The van der Waals surface area contributed by atoms with Gasteiger partial charge in [0.2, 0.25) is 0 Å². The number of hydrogen-bond donors (Lipinski definition) is 0. The molecule has 0 N–H and O–H groups in total. The van der Waals surface area contributed by atoms with Crippen molar-refractivity contribution in [1.29, 1.82) is 0 Å². The summed E-state index contributed by atoms with van der Waals surface area (Å²) >= 11 is 0. The van der Waals surface area contributed by atoms with Crippen LogP contribution in [0.15, 0.2) is 322 Å². The molecule has 0 unspecified atom stereocenters. The van der Waals surface area contributed by atoms with Gasteiger partial charge in [-0.05, 0) is 165 Å². The molecule has 0 atom stereocenters. The van der Waals surface area contributed by atoms with Crippen molar-refractivity contribution < 1.29 is 0 Å². The molecule has 18 aromatic rings. The number of pyridine rings is 1. The van der Waals surface area contributed by atoms with Crippen LogP contribution in [0.25, 0.3) is 166 Å². The molecule has 0 radical (unpaired) electrons. The molecule has 410 valence electrons. The summed E-state index contributed by atoms with van der Waals surface area (Å²) in [7, 11) is 0. The molecule has 5 heterocycles. The summed E-state index contributed by atoms with van der Waals surface area (Å²) in [5, 5.41) is 9.57. The van der Waals surface area contributed by atoms with Gasteiger partial charge >= 0.3 is 0 Å². The fraction of sp³-hybridized carbons (Fsp3) is 0. The minimum absolute atomic E-state index is 0.828. The van der Waals surface area contributed by atoms with Gasteiger partial charge in [-0.3, -0.25) is 9.13 Å². The van der Waals surface area contributed by atoms with Crippen molar-refractivity contribution >= 4 is 87.2 Å². The molecule has 88 heavy (non-hydrogen) atoms. The van der Waals surface area contributed by atoms with E-state index in [4.69, 9.17) is 4.98 Å². The zero-order valence-corrected chi connectivity index (χ0v) is 47.8. The molecular weight excluding hydrogens is 1070 g/mol. The number of rotatable bonds is 9. The van der Waals surface area contributed by atoms with Crippen LogP contribution in [-0.4, -0.2) is 23.3 Å². The lowest BCUT2D eigenvalue weighted by Crippen LogP contribution is -2.05. The molecule has 0 bridgehead atoms. The van der Waals surface area contributed by atoms with E-state index in [1.807, 2.05) is 0 Å². The van der Waals surface area contributed by atoms with Crippen LogP contribution in [0.1, 0.15) is 0 Å². The predicted octanol–water partition coefficient (Wildman–Crippen LogP) is 21.8. The summed E-state index contributed by atoms with van der Waals surface area (Å²) < 4.78 is 9.55. The SMILES string of the molecule is c1ccc(-c2cccc(-c3ccccc3)c2-c2cc(-n3c4ccccc4c4cc(-c5ccc6c(c5)c5ccccc5n6-c5ccccc5)ccc43)nc(-n3c4ccccc4c4cc(-c5ccc6c(c5)c5ccccc5n6-c5ccccc5)ccc43)c2)cc1. The van der Waals surface area contributed by atoms with E-state index in [9.17, 15) is 0 Å². The number of para-hydroxylation sites is 6. The van der Waals surface area contributed by atoms with Crippen LogP contribution in [0, 0.1) is 0 Å². The maximum absolute atomic E-state index is 5.91. The van der Waals surface area contributed by atoms with Crippen molar-refractivity contribution in [1.82, 2.24) is 23.3 Å². The Hall–Kier alpha value is -11.8. The first-order valence-electron chi connectivity index (χ1n) is 30.2. The van der Waals surface area contributed by atoms with Crippen LogP contribution in [0.4, 0.5) is 0 Å². The second-order valence-electron chi connectivity index (χ2n) is 23.0. The number of nitrogens with zero attached hydrogens (tertiary/aromatic N) is 5. The van der Waals surface area contributed by atoms with E-state index in [-0.39, 0.29) is 0 Å². The third-order valence-corrected chi connectivity index (χ3v) is 18.2. The van der Waals surface area contributed by atoms with Gasteiger partial charge in [0.1, 0.15) is 11.6 Å². The van der Waals surface area contributed by atoms with Gasteiger partial charge in [0.15, 0.2) is 0 Å². The summed E-state index contributed by atoms with van der Waals surface area (Å²) in [6.07, 6.45) is 0. The van der Waals surface area contributed by atoms with Crippen molar-refractivity contribution in [2.24, 2.45) is 0 Å². The topological polar surface area (TPSA) is 32.6 Å². The molecule has 5 nitrogen and oxygen atoms in total. The number of hydrogen-bond acceptors (Lipinski definition) is 1. The number of benzene rings is 13. The molecule has 0 aliphatic carbocycles. The lowest BCUT2D eigenvalue weighted by Gasteiger charge is -2.19. The van der Waals surface area contributed by atoms with Gasteiger partial charge in [-0.2, -0.15) is 0 Å². The van der Waals surface area contributed by atoms with Gasteiger partial charge < -0.3 is 9.13 Å². The van der Waals surface area contributed by atoms with Gasteiger partial charge in [-0.25, -0.2) is 4.98 Å². The van der Waals surface area contributed by atoms with Crippen molar-refractivity contribution in [2.45, 2.75) is 0 Å². The van der Waals surface area contributed by atoms with Crippen LogP contribution in [0.2, 0.25) is 0 Å². The average molecular weight is 1120 g/mol.